The largest absolute Gasteiger partial charge is 0.497 e. The highest BCUT2D eigenvalue weighted by molar-refractivity contribution is 9.10. The van der Waals surface area contributed by atoms with Gasteiger partial charge in [0.1, 0.15) is 42.5 Å². The van der Waals surface area contributed by atoms with Crippen LogP contribution < -0.4 is 19.1 Å². The molecule has 2 atom stereocenters. The molecule has 3 aromatic rings. The van der Waals surface area contributed by atoms with Crippen molar-refractivity contribution in [3.05, 3.63) is 87.9 Å². The predicted molar refractivity (Wildman–Crippen MR) is 136 cm³/mol. The maximum absolute atomic E-state index is 10.8. The van der Waals surface area contributed by atoms with Crippen LogP contribution in [-0.4, -0.2) is 52.7 Å². The molecule has 2 N–H and O–H groups in total. The Morgan fingerprint density at radius 3 is 1.88 bits per heavy atom. The molecule has 0 saturated heterocycles. The molecule has 0 bridgehead atoms. The second kappa shape index (κ2) is 12.8. The van der Waals surface area contributed by atoms with Gasteiger partial charge in [-0.2, -0.15) is 0 Å². The average Bonchev–Trinajstić information content (AvgIpc) is 2.85. The molecule has 1 unspecified atom stereocenters. The van der Waals surface area contributed by atoms with Crippen LogP contribution in [0.25, 0.3) is 0 Å². The van der Waals surface area contributed by atoms with Crippen molar-refractivity contribution in [2.24, 2.45) is 0 Å². The fourth-order valence-corrected chi connectivity index (χ4v) is 4.30. The molecule has 0 aromatic heterocycles. The van der Waals surface area contributed by atoms with E-state index in [4.69, 9.17) is 18.9 Å². The molecule has 182 valence electrons. The molecule has 0 aliphatic rings. The zero-order chi connectivity index (χ0) is 24.5. The standard InChI is InChI=1S/C27H32BrNO5/c1-29(16-21-15-22(28)9-14-26(21)33-4)17-23(30)18-34-27(19-5-10-24(31-2)11-6-19)20-7-12-25(32-3)13-8-20/h5-15,23,27,30H,16-18H2,1-4H3/p+1/t23-/m0/s1. The van der Waals surface area contributed by atoms with Crippen LogP contribution in [-0.2, 0) is 11.3 Å². The summed E-state index contributed by atoms with van der Waals surface area (Å²) >= 11 is 3.52. The Morgan fingerprint density at radius 2 is 1.38 bits per heavy atom. The van der Waals surface area contributed by atoms with E-state index in [1.807, 2.05) is 67.7 Å². The minimum atomic E-state index is -0.628. The lowest BCUT2D eigenvalue weighted by Crippen LogP contribution is -3.08. The first-order chi connectivity index (χ1) is 16.4. The van der Waals surface area contributed by atoms with Gasteiger partial charge in [-0.3, -0.25) is 0 Å². The van der Waals surface area contributed by atoms with Gasteiger partial charge >= 0.3 is 0 Å². The number of aliphatic hydroxyl groups is 1. The van der Waals surface area contributed by atoms with E-state index in [0.717, 1.165) is 49.9 Å². The number of nitrogens with one attached hydrogen (secondary N) is 1. The van der Waals surface area contributed by atoms with Crippen molar-refractivity contribution in [1.82, 2.24) is 0 Å². The Kier molecular flexibility index (Phi) is 9.77. The molecule has 0 aliphatic heterocycles. The summed E-state index contributed by atoms with van der Waals surface area (Å²) in [7, 11) is 7.01. The van der Waals surface area contributed by atoms with Crippen LogP contribution in [0.4, 0.5) is 0 Å². The number of methoxy groups -OCH3 is 3. The van der Waals surface area contributed by atoms with E-state index in [2.05, 4.69) is 22.0 Å². The van der Waals surface area contributed by atoms with Gasteiger partial charge in [-0.1, -0.05) is 40.2 Å². The molecular formula is C27H33BrNO5+. The summed E-state index contributed by atoms with van der Waals surface area (Å²) in [4.78, 5) is 1.15. The Morgan fingerprint density at radius 1 is 0.824 bits per heavy atom. The van der Waals surface area contributed by atoms with Crippen molar-refractivity contribution >= 4 is 15.9 Å². The summed E-state index contributed by atoms with van der Waals surface area (Å²) in [6.45, 7) is 1.46. The van der Waals surface area contributed by atoms with Crippen molar-refractivity contribution in [2.45, 2.75) is 18.8 Å². The van der Waals surface area contributed by atoms with Crippen molar-refractivity contribution < 1.29 is 29.0 Å². The minimum absolute atomic E-state index is 0.204. The molecule has 0 aliphatic carbocycles. The summed E-state index contributed by atoms with van der Waals surface area (Å²) in [5.74, 6) is 2.41. The highest BCUT2D eigenvalue weighted by Gasteiger charge is 2.20. The zero-order valence-corrected chi connectivity index (χ0v) is 21.7. The molecule has 0 spiro atoms. The van der Waals surface area contributed by atoms with Gasteiger partial charge in [-0.05, 0) is 53.6 Å². The Labute approximate surface area is 210 Å². The highest BCUT2D eigenvalue weighted by atomic mass is 79.9. The third-order valence-electron chi connectivity index (χ3n) is 5.61. The number of quaternary nitrogens is 1. The van der Waals surface area contributed by atoms with Gasteiger partial charge in [0.2, 0.25) is 0 Å². The smallest absolute Gasteiger partial charge is 0.127 e. The second-order valence-electron chi connectivity index (χ2n) is 8.21. The molecule has 0 heterocycles. The molecule has 34 heavy (non-hydrogen) atoms. The van der Waals surface area contributed by atoms with E-state index >= 15 is 0 Å². The Balaban J connectivity index is 1.67. The number of aliphatic hydroxyl groups excluding tert-OH is 1. The van der Waals surface area contributed by atoms with E-state index in [9.17, 15) is 5.11 Å². The third kappa shape index (κ3) is 7.21. The summed E-state index contributed by atoms with van der Waals surface area (Å²) in [5.41, 5.74) is 3.05. The lowest BCUT2D eigenvalue weighted by atomic mass is 10.0. The summed E-state index contributed by atoms with van der Waals surface area (Å²) in [6.07, 6.45) is -0.950. The lowest BCUT2D eigenvalue weighted by Gasteiger charge is -2.23. The topological polar surface area (TPSA) is 61.6 Å². The molecular weight excluding hydrogens is 498 g/mol. The van der Waals surface area contributed by atoms with E-state index < -0.39 is 6.10 Å². The highest BCUT2D eigenvalue weighted by Crippen LogP contribution is 2.29. The Bertz CT molecular complexity index is 979. The molecule has 3 aromatic carbocycles. The predicted octanol–water partition coefficient (Wildman–Crippen LogP) is 3.66. The summed E-state index contributed by atoms with van der Waals surface area (Å²) in [6, 6.07) is 21.5. The molecule has 0 saturated carbocycles. The molecule has 0 amide bonds. The van der Waals surface area contributed by atoms with Crippen LogP contribution >= 0.6 is 15.9 Å². The van der Waals surface area contributed by atoms with Crippen LogP contribution in [0.15, 0.2) is 71.2 Å². The fraction of sp³-hybridized carbons (Fsp3) is 0.333. The van der Waals surface area contributed by atoms with Crippen molar-refractivity contribution in [2.75, 3.05) is 41.5 Å². The fourth-order valence-electron chi connectivity index (χ4n) is 3.89. The van der Waals surface area contributed by atoms with E-state index in [1.165, 1.54) is 0 Å². The van der Waals surface area contributed by atoms with Crippen molar-refractivity contribution in [3.63, 3.8) is 0 Å². The maximum Gasteiger partial charge on any atom is 0.127 e. The third-order valence-corrected chi connectivity index (χ3v) is 6.10. The number of benzene rings is 3. The number of rotatable bonds is 12. The van der Waals surface area contributed by atoms with Gasteiger partial charge < -0.3 is 29.0 Å². The number of ether oxygens (including phenoxy) is 4. The monoisotopic (exact) mass is 530 g/mol. The van der Waals surface area contributed by atoms with Gasteiger partial charge in [0.15, 0.2) is 0 Å². The number of hydrogen-bond acceptors (Lipinski definition) is 5. The zero-order valence-electron chi connectivity index (χ0n) is 20.1. The molecule has 0 fully saturated rings. The minimum Gasteiger partial charge on any atom is -0.497 e. The first-order valence-electron chi connectivity index (χ1n) is 11.1. The van der Waals surface area contributed by atoms with Crippen LogP contribution in [0.2, 0.25) is 0 Å². The summed E-state index contributed by atoms with van der Waals surface area (Å²) < 4.78 is 23.3. The molecule has 0 radical (unpaired) electrons. The van der Waals surface area contributed by atoms with Crippen LogP contribution in [0.5, 0.6) is 17.2 Å². The van der Waals surface area contributed by atoms with Gasteiger partial charge in [0.05, 0.1) is 35.0 Å². The molecule has 3 rings (SSSR count). The quantitative estimate of drug-likeness (QED) is 0.374. The number of halogens is 1. The van der Waals surface area contributed by atoms with E-state index in [-0.39, 0.29) is 12.7 Å². The molecule has 7 heteroatoms. The Hall–Kier alpha value is -2.58. The first kappa shape index (κ1) is 26.0. The van der Waals surface area contributed by atoms with Crippen molar-refractivity contribution in [1.29, 1.82) is 0 Å². The maximum atomic E-state index is 10.8. The van der Waals surface area contributed by atoms with E-state index in [0.29, 0.717) is 6.54 Å². The first-order valence-corrected chi connectivity index (χ1v) is 11.9. The van der Waals surface area contributed by atoms with Gasteiger partial charge in [0, 0.05) is 10.0 Å². The van der Waals surface area contributed by atoms with Crippen molar-refractivity contribution in [3.8, 4) is 17.2 Å². The lowest BCUT2D eigenvalue weighted by molar-refractivity contribution is -0.897. The molecule has 6 nitrogen and oxygen atoms in total. The van der Waals surface area contributed by atoms with Gasteiger partial charge in [-0.25, -0.2) is 0 Å². The summed E-state index contributed by atoms with van der Waals surface area (Å²) in [5, 5.41) is 10.8. The van der Waals surface area contributed by atoms with Gasteiger partial charge in [0.25, 0.3) is 0 Å². The normalized spacial score (nSPS) is 12.9. The average molecular weight is 531 g/mol. The number of hydrogen-bond donors (Lipinski definition) is 2. The van der Waals surface area contributed by atoms with Crippen LogP contribution in [0, 0.1) is 0 Å². The van der Waals surface area contributed by atoms with E-state index in [1.54, 1.807) is 21.3 Å². The van der Waals surface area contributed by atoms with Crippen LogP contribution in [0.3, 0.4) is 0 Å². The van der Waals surface area contributed by atoms with Crippen LogP contribution in [0.1, 0.15) is 22.8 Å². The SMILES string of the molecule is COc1ccc(C(OC[C@@H](O)C[NH+](C)Cc2cc(Br)ccc2OC)c2ccc(OC)cc2)cc1. The van der Waals surface area contributed by atoms with Gasteiger partial charge in [-0.15, -0.1) is 0 Å². The number of likely N-dealkylation sites (N-methyl/N-ethyl adjacent to an activating group) is 1. The second-order valence-corrected chi connectivity index (χ2v) is 9.12.